The Hall–Kier alpha value is -3.69. The second-order valence-corrected chi connectivity index (χ2v) is 7.08. The fraction of sp³-hybridized carbons (Fsp3) is 0.0455. The molecular formula is C22H16N4OS. The molecule has 0 amide bonds. The lowest BCUT2D eigenvalue weighted by molar-refractivity contribution is 0.483. The van der Waals surface area contributed by atoms with E-state index in [-0.39, 0.29) is 0 Å². The van der Waals surface area contributed by atoms with Gasteiger partial charge in [-0.25, -0.2) is 9.97 Å². The number of pyridine rings is 1. The Bertz CT molecular complexity index is 1080. The first-order valence-corrected chi connectivity index (χ1v) is 9.50. The Morgan fingerprint density at radius 1 is 0.893 bits per heavy atom. The summed E-state index contributed by atoms with van der Waals surface area (Å²) in [6.07, 6.45) is 3.53. The van der Waals surface area contributed by atoms with Crippen LogP contribution in [0, 0.1) is 11.3 Å². The molecule has 0 unspecified atom stereocenters. The van der Waals surface area contributed by atoms with Gasteiger partial charge in [-0.2, -0.15) is 5.26 Å². The highest BCUT2D eigenvalue weighted by atomic mass is 32.1. The van der Waals surface area contributed by atoms with Gasteiger partial charge in [0.25, 0.3) is 0 Å². The molecule has 6 heteroatoms. The van der Waals surface area contributed by atoms with E-state index in [0.717, 1.165) is 32.6 Å². The molecule has 0 aliphatic carbocycles. The minimum absolute atomic E-state index is 0.408. The van der Waals surface area contributed by atoms with Crippen LogP contribution < -0.4 is 10.1 Å². The number of nitrogens with one attached hydrogen (secondary N) is 1. The fourth-order valence-corrected chi connectivity index (χ4v) is 3.42. The molecule has 5 nitrogen and oxygen atoms in total. The molecule has 0 saturated heterocycles. The summed E-state index contributed by atoms with van der Waals surface area (Å²) in [6.45, 7) is 0.653. The number of hydrogen-bond donors (Lipinski definition) is 1. The maximum atomic E-state index is 8.79. The zero-order valence-corrected chi connectivity index (χ0v) is 15.7. The van der Waals surface area contributed by atoms with E-state index >= 15 is 0 Å². The van der Waals surface area contributed by atoms with Crippen LogP contribution in [0.1, 0.15) is 10.6 Å². The number of anilines is 1. The van der Waals surface area contributed by atoms with Crippen molar-refractivity contribution in [3.05, 3.63) is 89.7 Å². The SMILES string of the molecule is N#Cc1ccc(NCc2cnc(-c3ccc(Oc4ccccc4)cc3)s2)cn1. The van der Waals surface area contributed by atoms with Gasteiger partial charge in [0.2, 0.25) is 0 Å². The van der Waals surface area contributed by atoms with Crippen LogP contribution in [0.5, 0.6) is 11.5 Å². The van der Waals surface area contributed by atoms with Crippen LogP contribution in [0.3, 0.4) is 0 Å². The van der Waals surface area contributed by atoms with Crippen molar-refractivity contribution in [2.45, 2.75) is 6.54 Å². The maximum Gasteiger partial charge on any atom is 0.140 e. The number of benzene rings is 2. The molecule has 2 heterocycles. The Morgan fingerprint density at radius 3 is 2.39 bits per heavy atom. The summed E-state index contributed by atoms with van der Waals surface area (Å²) in [6, 6.07) is 23.2. The maximum absolute atomic E-state index is 8.79. The Balaban J connectivity index is 1.38. The van der Waals surface area contributed by atoms with Crippen molar-refractivity contribution in [3.63, 3.8) is 0 Å². The lowest BCUT2D eigenvalue weighted by Gasteiger charge is -2.05. The van der Waals surface area contributed by atoms with Gasteiger partial charge >= 0.3 is 0 Å². The number of aromatic nitrogens is 2. The Morgan fingerprint density at radius 2 is 1.68 bits per heavy atom. The second-order valence-electron chi connectivity index (χ2n) is 5.97. The normalized spacial score (nSPS) is 10.2. The largest absolute Gasteiger partial charge is 0.457 e. The van der Waals surface area contributed by atoms with Crippen molar-refractivity contribution in [1.82, 2.24) is 9.97 Å². The molecule has 0 aliphatic rings. The van der Waals surface area contributed by atoms with Gasteiger partial charge in [-0.05, 0) is 48.5 Å². The molecule has 4 aromatic rings. The highest BCUT2D eigenvalue weighted by Crippen LogP contribution is 2.29. The molecule has 0 saturated carbocycles. The highest BCUT2D eigenvalue weighted by Gasteiger charge is 2.06. The Kier molecular flexibility index (Phi) is 5.27. The standard InChI is InChI=1S/C22H16N4OS/c23-12-17-8-9-18(13-24-17)25-14-21-15-26-22(28-21)16-6-10-20(11-7-16)27-19-4-2-1-3-5-19/h1-11,13,15,25H,14H2. The molecule has 0 radical (unpaired) electrons. The zero-order chi connectivity index (χ0) is 19.2. The van der Waals surface area contributed by atoms with Crippen molar-refractivity contribution >= 4 is 17.0 Å². The average Bonchev–Trinajstić information content (AvgIpc) is 3.23. The minimum atomic E-state index is 0.408. The smallest absolute Gasteiger partial charge is 0.140 e. The molecule has 1 N–H and O–H groups in total. The molecule has 0 bridgehead atoms. The number of nitriles is 1. The molecule has 0 spiro atoms. The fourth-order valence-electron chi connectivity index (χ4n) is 2.57. The van der Waals surface area contributed by atoms with Gasteiger partial charge in [0.15, 0.2) is 0 Å². The molecule has 2 aromatic heterocycles. The number of ether oxygens (including phenoxy) is 1. The third-order valence-electron chi connectivity index (χ3n) is 3.98. The van der Waals surface area contributed by atoms with Crippen LogP contribution >= 0.6 is 11.3 Å². The van der Waals surface area contributed by atoms with Gasteiger partial charge in [0.1, 0.15) is 28.3 Å². The third-order valence-corrected chi connectivity index (χ3v) is 5.02. The van der Waals surface area contributed by atoms with Crippen LogP contribution in [0.4, 0.5) is 5.69 Å². The summed E-state index contributed by atoms with van der Waals surface area (Å²) in [5.41, 5.74) is 2.33. The monoisotopic (exact) mass is 384 g/mol. The molecule has 0 aliphatic heterocycles. The first kappa shape index (κ1) is 17.7. The van der Waals surface area contributed by atoms with Gasteiger partial charge in [-0.3, -0.25) is 0 Å². The Labute approximate surface area is 166 Å². The second kappa shape index (κ2) is 8.33. The predicted octanol–water partition coefficient (Wildman–Crippen LogP) is 5.48. The van der Waals surface area contributed by atoms with E-state index in [2.05, 4.69) is 15.3 Å². The highest BCUT2D eigenvalue weighted by molar-refractivity contribution is 7.15. The van der Waals surface area contributed by atoms with Crippen molar-refractivity contribution in [2.24, 2.45) is 0 Å². The number of para-hydroxylation sites is 1. The number of thiazole rings is 1. The molecule has 2 aromatic carbocycles. The van der Waals surface area contributed by atoms with Crippen molar-refractivity contribution in [2.75, 3.05) is 5.32 Å². The lowest BCUT2D eigenvalue weighted by Crippen LogP contribution is -1.98. The third kappa shape index (κ3) is 4.34. The van der Waals surface area contributed by atoms with E-state index in [1.54, 1.807) is 23.6 Å². The molecule has 4 rings (SSSR count). The number of nitrogens with zero attached hydrogens (tertiary/aromatic N) is 3. The van der Waals surface area contributed by atoms with Gasteiger partial charge in [0.05, 0.1) is 18.4 Å². The van der Waals surface area contributed by atoms with Crippen LogP contribution in [0.25, 0.3) is 10.6 Å². The van der Waals surface area contributed by atoms with Crippen molar-refractivity contribution in [3.8, 4) is 28.1 Å². The summed E-state index contributed by atoms with van der Waals surface area (Å²) >= 11 is 1.64. The number of hydrogen-bond acceptors (Lipinski definition) is 6. The van der Waals surface area contributed by atoms with E-state index in [9.17, 15) is 0 Å². The zero-order valence-electron chi connectivity index (χ0n) is 14.9. The van der Waals surface area contributed by atoms with Crippen molar-refractivity contribution in [1.29, 1.82) is 5.26 Å². The van der Waals surface area contributed by atoms with E-state index < -0.39 is 0 Å². The van der Waals surface area contributed by atoms with Gasteiger partial charge in [0, 0.05) is 16.6 Å². The topological polar surface area (TPSA) is 70.8 Å². The molecule has 0 fully saturated rings. The van der Waals surface area contributed by atoms with Gasteiger partial charge in [-0.1, -0.05) is 18.2 Å². The van der Waals surface area contributed by atoms with Crippen molar-refractivity contribution < 1.29 is 4.74 Å². The van der Waals surface area contributed by atoms with E-state index in [0.29, 0.717) is 12.2 Å². The predicted molar refractivity (Wildman–Crippen MR) is 110 cm³/mol. The summed E-state index contributed by atoms with van der Waals surface area (Å²) < 4.78 is 5.83. The molecule has 0 atom stereocenters. The van der Waals surface area contributed by atoms with E-state index in [4.69, 9.17) is 10.00 Å². The van der Waals surface area contributed by atoms with Crippen LogP contribution in [0.15, 0.2) is 79.1 Å². The molecule has 136 valence electrons. The number of rotatable bonds is 6. The summed E-state index contributed by atoms with van der Waals surface area (Å²) in [5, 5.41) is 13.0. The quantitative estimate of drug-likeness (QED) is 0.476. The summed E-state index contributed by atoms with van der Waals surface area (Å²) in [4.78, 5) is 9.69. The minimum Gasteiger partial charge on any atom is -0.457 e. The lowest BCUT2D eigenvalue weighted by atomic mass is 10.2. The average molecular weight is 384 g/mol. The van der Waals surface area contributed by atoms with E-state index in [1.807, 2.05) is 72.9 Å². The van der Waals surface area contributed by atoms with Crippen LogP contribution in [-0.2, 0) is 6.54 Å². The van der Waals surface area contributed by atoms with Gasteiger partial charge < -0.3 is 10.1 Å². The first-order valence-electron chi connectivity index (χ1n) is 8.68. The van der Waals surface area contributed by atoms with Crippen LogP contribution in [-0.4, -0.2) is 9.97 Å². The van der Waals surface area contributed by atoms with Gasteiger partial charge in [-0.15, -0.1) is 11.3 Å². The van der Waals surface area contributed by atoms with Crippen LogP contribution in [0.2, 0.25) is 0 Å². The van der Waals surface area contributed by atoms with E-state index in [1.165, 1.54) is 0 Å². The first-order chi connectivity index (χ1) is 13.8. The molecular weight excluding hydrogens is 368 g/mol. The summed E-state index contributed by atoms with van der Waals surface area (Å²) in [5.74, 6) is 1.61. The molecule has 28 heavy (non-hydrogen) atoms. The summed E-state index contributed by atoms with van der Waals surface area (Å²) in [7, 11) is 0.